The van der Waals surface area contributed by atoms with Gasteiger partial charge in [-0.15, -0.1) is 0 Å². The monoisotopic (exact) mass is 284 g/mol. The molecule has 1 rings (SSSR count). The quantitative estimate of drug-likeness (QED) is 0.557. The Hall–Kier alpha value is -1.10. The zero-order valence-corrected chi connectivity index (χ0v) is 12.5. The molecule has 20 heavy (non-hydrogen) atoms. The topological polar surface area (TPSA) is 78.4 Å². The summed E-state index contributed by atoms with van der Waals surface area (Å²) in [5.74, 6) is 0.538. The third-order valence-electron chi connectivity index (χ3n) is 3.88. The fourth-order valence-corrected chi connectivity index (χ4v) is 2.49. The lowest BCUT2D eigenvalue weighted by atomic mass is 10.1. The van der Waals surface area contributed by atoms with E-state index in [0.29, 0.717) is 19.5 Å². The van der Waals surface area contributed by atoms with E-state index in [2.05, 4.69) is 10.6 Å². The van der Waals surface area contributed by atoms with E-state index in [9.17, 15) is 9.59 Å². The number of hydrogen-bond acceptors (Lipinski definition) is 3. The van der Waals surface area contributed by atoms with Gasteiger partial charge in [-0.3, -0.25) is 9.59 Å². The summed E-state index contributed by atoms with van der Waals surface area (Å²) in [7, 11) is 0. The third kappa shape index (κ3) is 6.89. The van der Waals surface area contributed by atoms with E-state index in [1.165, 1.54) is 0 Å². The summed E-state index contributed by atoms with van der Waals surface area (Å²) >= 11 is 0. The highest BCUT2D eigenvalue weighted by molar-refractivity contribution is 5.80. The van der Waals surface area contributed by atoms with Crippen LogP contribution < -0.4 is 10.6 Å². The van der Waals surface area contributed by atoms with Gasteiger partial charge in [0.1, 0.15) is 0 Å². The van der Waals surface area contributed by atoms with Crippen LogP contribution in [0.3, 0.4) is 0 Å². The van der Waals surface area contributed by atoms with Crippen LogP contribution in [0.4, 0.5) is 0 Å². The van der Waals surface area contributed by atoms with Crippen LogP contribution in [0, 0.1) is 11.8 Å². The lowest BCUT2D eigenvalue weighted by Crippen LogP contribution is -2.34. The predicted molar refractivity (Wildman–Crippen MR) is 78.1 cm³/mol. The van der Waals surface area contributed by atoms with Crippen molar-refractivity contribution in [1.82, 2.24) is 10.6 Å². The lowest BCUT2D eigenvalue weighted by molar-refractivity contribution is -0.125. The highest BCUT2D eigenvalue weighted by atomic mass is 16.3. The number of amides is 2. The first-order valence-electron chi connectivity index (χ1n) is 7.78. The van der Waals surface area contributed by atoms with Gasteiger partial charge in [0, 0.05) is 32.0 Å². The Kier molecular flexibility index (Phi) is 8.26. The average molecular weight is 284 g/mol. The number of rotatable bonds is 9. The zero-order chi connectivity index (χ0) is 14.8. The normalized spacial score (nSPS) is 16.9. The average Bonchev–Trinajstić information content (AvgIpc) is 2.97. The maximum absolute atomic E-state index is 11.7. The molecule has 2 amide bonds. The molecule has 1 unspecified atom stereocenters. The summed E-state index contributed by atoms with van der Waals surface area (Å²) in [6.07, 6.45) is 6.39. The van der Waals surface area contributed by atoms with Gasteiger partial charge in [0.15, 0.2) is 0 Å². The molecule has 5 nitrogen and oxygen atoms in total. The Morgan fingerprint density at radius 1 is 1.20 bits per heavy atom. The standard InChI is InChI=1S/C15H28N2O3/c1-12(11-18)5-4-9-16-14(19)8-10-17-15(20)13-6-2-3-7-13/h12-13,18H,2-11H2,1H3,(H,16,19)(H,17,20). The van der Waals surface area contributed by atoms with Crippen molar-refractivity contribution >= 4 is 11.8 Å². The minimum absolute atomic E-state index is 0.0200. The van der Waals surface area contributed by atoms with Crippen molar-refractivity contribution < 1.29 is 14.7 Å². The lowest BCUT2D eigenvalue weighted by Gasteiger charge is -2.11. The number of nitrogens with one attached hydrogen (secondary N) is 2. The van der Waals surface area contributed by atoms with Crippen molar-refractivity contribution in [2.75, 3.05) is 19.7 Å². The van der Waals surface area contributed by atoms with E-state index >= 15 is 0 Å². The number of aliphatic hydroxyl groups is 1. The largest absolute Gasteiger partial charge is 0.396 e. The molecule has 0 heterocycles. The van der Waals surface area contributed by atoms with Crippen molar-refractivity contribution in [1.29, 1.82) is 0 Å². The van der Waals surface area contributed by atoms with Crippen molar-refractivity contribution in [3.05, 3.63) is 0 Å². The number of aliphatic hydroxyl groups excluding tert-OH is 1. The van der Waals surface area contributed by atoms with Crippen LogP contribution in [-0.4, -0.2) is 36.6 Å². The Morgan fingerprint density at radius 2 is 1.90 bits per heavy atom. The van der Waals surface area contributed by atoms with E-state index in [0.717, 1.165) is 38.5 Å². The van der Waals surface area contributed by atoms with Gasteiger partial charge in [-0.1, -0.05) is 19.8 Å². The SMILES string of the molecule is CC(CO)CCCNC(=O)CCNC(=O)C1CCCC1. The molecule has 0 aromatic rings. The second kappa shape index (κ2) is 9.75. The summed E-state index contributed by atoms with van der Waals surface area (Å²) in [6, 6.07) is 0. The Morgan fingerprint density at radius 3 is 2.55 bits per heavy atom. The molecule has 0 radical (unpaired) electrons. The molecule has 1 atom stereocenters. The Balaban J connectivity index is 1.98. The van der Waals surface area contributed by atoms with Gasteiger partial charge in [-0.05, 0) is 31.6 Å². The van der Waals surface area contributed by atoms with E-state index in [1.807, 2.05) is 6.92 Å². The highest BCUT2D eigenvalue weighted by Gasteiger charge is 2.22. The van der Waals surface area contributed by atoms with Crippen molar-refractivity contribution in [3.63, 3.8) is 0 Å². The van der Waals surface area contributed by atoms with Crippen LogP contribution in [-0.2, 0) is 9.59 Å². The molecule has 5 heteroatoms. The van der Waals surface area contributed by atoms with Crippen LogP contribution >= 0.6 is 0 Å². The van der Waals surface area contributed by atoms with Gasteiger partial charge in [0.05, 0.1) is 0 Å². The molecule has 1 saturated carbocycles. The summed E-state index contributed by atoms with van der Waals surface area (Å²) < 4.78 is 0. The van der Waals surface area contributed by atoms with Crippen molar-refractivity contribution in [2.24, 2.45) is 11.8 Å². The van der Waals surface area contributed by atoms with Gasteiger partial charge >= 0.3 is 0 Å². The third-order valence-corrected chi connectivity index (χ3v) is 3.88. The Bertz CT molecular complexity index is 301. The molecule has 1 aliphatic carbocycles. The minimum Gasteiger partial charge on any atom is -0.396 e. The van der Waals surface area contributed by atoms with Crippen LogP contribution in [0.5, 0.6) is 0 Å². The van der Waals surface area contributed by atoms with Gasteiger partial charge in [0.2, 0.25) is 11.8 Å². The first kappa shape index (κ1) is 17.0. The van der Waals surface area contributed by atoms with E-state index in [-0.39, 0.29) is 30.3 Å². The van der Waals surface area contributed by atoms with Gasteiger partial charge < -0.3 is 15.7 Å². The summed E-state index contributed by atoms with van der Waals surface area (Å²) in [5.41, 5.74) is 0. The number of carbonyl (C=O) groups is 2. The molecule has 0 spiro atoms. The van der Waals surface area contributed by atoms with Crippen LogP contribution in [0.2, 0.25) is 0 Å². The number of carbonyl (C=O) groups excluding carboxylic acids is 2. The molecule has 0 aromatic carbocycles. The van der Waals surface area contributed by atoms with Crippen molar-refractivity contribution in [3.8, 4) is 0 Å². The van der Waals surface area contributed by atoms with Crippen molar-refractivity contribution in [2.45, 2.75) is 51.9 Å². The van der Waals surface area contributed by atoms with Crippen LogP contribution in [0.15, 0.2) is 0 Å². The minimum atomic E-state index is -0.0200. The molecular weight excluding hydrogens is 256 g/mol. The zero-order valence-electron chi connectivity index (χ0n) is 12.5. The molecule has 3 N–H and O–H groups in total. The first-order valence-corrected chi connectivity index (χ1v) is 7.78. The smallest absolute Gasteiger partial charge is 0.223 e. The summed E-state index contributed by atoms with van der Waals surface area (Å²) in [6.45, 7) is 3.25. The molecule has 0 aromatic heterocycles. The molecule has 0 aliphatic heterocycles. The molecule has 0 bridgehead atoms. The molecule has 1 aliphatic rings. The van der Waals surface area contributed by atoms with E-state index in [1.54, 1.807) is 0 Å². The molecular formula is C15H28N2O3. The van der Waals surface area contributed by atoms with Crippen LogP contribution in [0.1, 0.15) is 51.9 Å². The summed E-state index contributed by atoms with van der Waals surface area (Å²) in [5, 5.41) is 14.5. The number of hydrogen-bond donors (Lipinski definition) is 3. The maximum Gasteiger partial charge on any atom is 0.223 e. The first-order chi connectivity index (χ1) is 9.63. The second-order valence-corrected chi connectivity index (χ2v) is 5.80. The molecule has 1 fully saturated rings. The van der Waals surface area contributed by atoms with E-state index < -0.39 is 0 Å². The van der Waals surface area contributed by atoms with Gasteiger partial charge in [-0.25, -0.2) is 0 Å². The van der Waals surface area contributed by atoms with E-state index in [4.69, 9.17) is 5.11 Å². The van der Waals surface area contributed by atoms with Gasteiger partial charge in [-0.2, -0.15) is 0 Å². The molecule has 116 valence electrons. The fraction of sp³-hybridized carbons (Fsp3) is 0.867. The van der Waals surface area contributed by atoms with Gasteiger partial charge in [0.25, 0.3) is 0 Å². The molecule has 0 saturated heterocycles. The second-order valence-electron chi connectivity index (χ2n) is 5.80. The predicted octanol–water partition coefficient (Wildman–Crippen LogP) is 1.21. The fourth-order valence-electron chi connectivity index (χ4n) is 2.49. The highest BCUT2D eigenvalue weighted by Crippen LogP contribution is 2.24. The van der Waals surface area contributed by atoms with Crippen LogP contribution in [0.25, 0.3) is 0 Å². The Labute approximate surface area is 121 Å². The maximum atomic E-state index is 11.7. The summed E-state index contributed by atoms with van der Waals surface area (Å²) in [4.78, 5) is 23.3.